The summed E-state index contributed by atoms with van der Waals surface area (Å²) >= 11 is 0. The molecule has 42 heavy (non-hydrogen) atoms. The molecule has 0 radical (unpaired) electrons. The van der Waals surface area contributed by atoms with Crippen molar-refractivity contribution in [1.29, 1.82) is 0 Å². The van der Waals surface area contributed by atoms with Crippen molar-refractivity contribution in [1.82, 2.24) is 0 Å². The lowest BCUT2D eigenvalue weighted by Gasteiger charge is -2.52. The van der Waals surface area contributed by atoms with Gasteiger partial charge in [0.1, 0.15) is 0 Å². The first-order chi connectivity index (χ1) is 20.5. The van der Waals surface area contributed by atoms with E-state index in [-0.39, 0.29) is 17.7 Å². The quantitative estimate of drug-likeness (QED) is 0.211. The molecule has 2 unspecified atom stereocenters. The number of para-hydroxylation sites is 2. The second kappa shape index (κ2) is 8.41. The number of nitrogens with zero attached hydrogens (tertiary/aromatic N) is 2. The Bertz CT molecular complexity index is 1910. The van der Waals surface area contributed by atoms with Crippen LogP contribution in [0.3, 0.4) is 0 Å². The van der Waals surface area contributed by atoms with Gasteiger partial charge in [-0.15, -0.1) is 0 Å². The summed E-state index contributed by atoms with van der Waals surface area (Å²) in [7, 11) is 2.26. The van der Waals surface area contributed by atoms with Gasteiger partial charge in [0.15, 0.2) is 0 Å². The zero-order valence-electron chi connectivity index (χ0n) is 24.7. The Morgan fingerprint density at radius 3 is 2.12 bits per heavy atom. The van der Waals surface area contributed by atoms with Gasteiger partial charge in [0.05, 0.1) is 5.54 Å². The highest BCUT2D eigenvalue weighted by atomic mass is 15.3. The minimum atomic E-state index is 0.0441. The molecule has 3 heterocycles. The van der Waals surface area contributed by atoms with Gasteiger partial charge in [0, 0.05) is 35.2 Å². The number of benzene rings is 5. The first-order valence-corrected chi connectivity index (χ1v) is 15.6. The standard InChI is InChI=1S/C39H35BN2/c1-38-21-9-10-22-39(38,2)42-35-25-29(28-16-11-15-27(23-28)26-13-5-4-6-14-26)24-34-36(35)40(32-19-12-17-30(38)37(32)42)31-18-7-8-20-33(31)41(34)3/h4-8,11-20,23-25H,9-10,21-22H2,1-3H3. The maximum atomic E-state index is 2.82. The Morgan fingerprint density at radius 1 is 0.595 bits per heavy atom. The summed E-state index contributed by atoms with van der Waals surface area (Å²) in [5.41, 5.74) is 16.7. The van der Waals surface area contributed by atoms with Crippen molar-refractivity contribution in [3.05, 3.63) is 115 Å². The molecule has 2 nitrogen and oxygen atoms in total. The zero-order valence-corrected chi connectivity index (χ0v) is 24.7. The molecule has 2 atom stereocenters. The minimum absolute atomic E-state index is 0.0441. The van der Waals surface area contributed by atoms with Gasteiger partial charge < -0.3 is 9.80 Å². The minimum Gasteiger partial charge on any atom is -0.345 e. The number of fused-ring (bicyclic) bond motifs is 7. The molecule has 1 aliphatic carbocycles. The number of rotatable bonds is 2. The fourth-order valence-electron chi connectivity index (χ4n) is 9.10. The Labute approximate surface area is 249 Å². The molecule has 204 valence electrons. The van der Waals surface area contributed by atoms with E-state index in [1.165, 1.54) is 87.1 Å². The molecule has 9 rings (SSSR count). The Kier molecular flexibility index (Phi) is 4.88. The molecule has 3 heteroatoms. The highest BCUT2D eigenvalue weighted by Gasteiger charge is 2.61. The average molecular weight is 543 g/mol. The summed E-state index contributed by atoms with van der Waals surface area (Å²) in [6.07, 6.45) is 5.07. The summed E-state index contributed by atoms with van der Waals surface area (Å²) < 4.78 is 0. The summed E-state index contributed by atoms with van der Waals surface area (Å²) in [5, 5.41) is 0. The van der Waals surface area contributed by atoms with Crippen molar-refractivity contribution >= 4 is 45.9 Å². The van der Waals surface area contributed by atoms with E-state index >= 15 is 0 Å². The van der Waals surface area contributed by atoms with E-state index in [0.717, 1.165) is 0 Å². The predicted octanol–water partition coefficient (Wildman–Crippen LogP) is 7.67. The summed E-state index contributed by atoms with van der Waals surface area (Å²) in [6, 6.07) is 41.1. The molecular weight excluding hydrogens is 507 g/mol. The smallest absolute Gasteiger partial charge is 0.252 e. The lowest BCUT2D eigenvalue weighted by molar-refractivity contribution is 0.195. The lowest BCUT2D eigenvalue weighted by Crippen LogP contribution is -2.64. The molecule has 0 aromatic heterocycles. The first-order valence-electron chi connectivity index (χ1n) is 15.6. The van der Waals surface area contributed by atoms with E-state index in [4.69, 9.17) is 0 Å². The maximum absolute atomic E-state index is 2.82. The van der Waals surface area contributed by atoms with Gasteiger partial charge in [-0.1, -0.05) is 105 Å². The van der Waals surface area contributed by atoms with E-state index in [0.29, 0.717) is 0 Å². The Balaban J connectivity index is 1.35. The SMILES string of the molecule is CN1c2ccccc2B2c3cccc4c3N(c3cc(-c5cccc(-c6ccccc6)c5)cc1c32)C1(C)CCCCC41C. The molecular formula is C39H35BN2. The summed E-state index contributed by atoms with van der Waals surface area (Å²) in [6.45, 7) is 5.36. The van der Waals surface area contributed by atoms with Crippen molar-refractivity contribution in [3.8, 4) is 22.3 Å². The molecule has 3 aliphatic heterocycles. The summed E-state index contributed by atoms with van der Waals surface area (Å²) in [5.74, 6) is 0. The van der Waals surface area contributed by atoms with Crippen LogP contribution in [-0.2, 0) is 5.41 Å². The third kappa shape index (κ3) is 2.96. The molecule has 0 amide bonds. The number of anilines is 4. The van der Waals surface area contributed by atoms with Crippen molar-refractivity contribution in [2.75, 3.05) is 16.8 Å². The van der Waals surface area contributed by atoms with Crippen LogP contribution >= 0.6 is 0 Å². The number of hydrogen-bond donors (Lipinski definition) is 0. The van der Waals surface area contributed by atoms with Crippen LogP contribution in [0.15, 0.2) is 109 Å². The van der Waals surface area contributed by atoms with Crippen LogP contribution in [0, 0.1) is 0 Å². The molecule has 0 saturated heterocycles. The van der Waals surface area contributed by atoms with Crippen molar-refractivity contribution in [2.24, 2.45) is 0 Å². The summed E-state index contributed by atoms with van der Waals surface area (Å²) in [4.78, 5) is 5.26. The molecule has 0 spiro atoms. The molecule has 0 N–H and O–H groups in total. The largest absolute Gasteiger partial charge is 0.345 e. The van der Waals surface area contributed by atoms with Crippen LogP contribution in [0.25, 0.3) is 22.3 Å². The molecule has 5 aromatic carbocycles. The van der Waals surface area contributed by atoms with Crippen LogP contribution in [0.4, 0.5) is 22.7 Å². The van der Waals surface area contributed by atoms with Crippen molar-refractivity contribution < 1.29 is 0 Å². The van der Waals surface area contributed by atoms with Crippen LogP contribution in [-0.4, -0.2) is 19.3 Å². The molecule has 1 fully saturated rings. The second-order valence-electron chi connectivity index (χ2n) is 13.3. The second-order valence-corrected chi connectivity index (χ2v) is 13.3. The predicted molar refractivity (Wildman–Crippen MR) is 179 cm³/mol. The third-order valence-corrected chi connectivity index (χ3v) is 11.4. The fraction of sp³-hybridized carbons (Fsp3) is 0.231. The Hall–Kier alpha value is -4.24. The van der Waals surface area contributed by atoms with Crippen LogP contribution in [0.1, 0.15) is 45.1 Å². The van der Waals surface area contributed by atoms with Crippen molar-refractivity contribution in [3.63, 3.8) is 0 Å². The third-order valence-electron chi connectivity index (χ3n) is 11.4. The van der Waals surface area contributed by atoms with Crippen LogP contribution < -0.4 is 26.2 Å². The topological polar surface area (TPSA) is 6.48 Å². The zero-order chi connectivity index (χ0) is 28.2. The van der Waals surface area contributed by atoms with Gasteiger partial charge in [-0.25, -0.2) is 0 Å². The van der Waals surface area contributed by atoms with Gasteiger partial charge in [-0.2, -0.15) is 0 Å². The van der Waals surface area contributed by atoms with Crippen molar-refractivity contribution in [2.45, 2.75) is 50.5 Å². The Morgan fingerprint density at radius 2 is 1.26 bits per heavy atom. The van der Waals surface area contributed by atoms with Crippen LogP contribution in [0.2, 0.25) is 0 Å². The van der Waals surface area contributed by atoms with E-state index in [9.17, 15) is 0 Å². The average Bonchev–Trinajstić information content (AvgIpc) is 3.25. The molecule has 0 bridgehead atoms. The monoisotopic (exact) mass is 542 g/mol. The van der Waals surface area contributed by atoms with Crippen LogP contribution in [0.5, 0.6) is 0 Å². The van der Waals surface area contributed by atoms with E-state index < -0.39 is 0 Å². The number of hydrogen-bond acceptors (Lipinski definition) is 2. The van der Waals surface area contributed by atoms with E-state index in [2.05, 4.69) is 140 Å². The fourth-order valence-corrected chi connectivity index (χ4v) is 9.10. The van der Waals surface area contributed by atoms with E-state index in [1.807, 2.05) is 0 Å². The van der Waals surface area contributed by atoms with Gasteiger partial charge in [-0.3, -0.25) is 0 Å². The first kappa shape index (κ1) is 24.4. The molecule has 5 aromatic rings. The normalized spacial score (nSPS) is 22.8. The highest BCUT2D eigenvalue weighted by molar-refractivity contribution is 7.00. The van der Waals surface area contributed by atoms with Gasteiger partial charge in [-0.05, 0) is 88.2 Å². The lowest BCUT2D eigenvalue weighted by atomic mass is 9.33. The molecule has 1 saturated carbocycles. The molecule has 4 aliphatic rings. The van der Waals surface area contributed by atoms with E-state index in [1.54, 1.807) is 5.56 Å². The van der Waals surface area contributed by atoms with Gasteiger partial charge in [0.25, 0.3) is 6.71 Å². The van der Waals surface area contributed by atoms with Gasteiger partial charge >= 0.3 is 0 Å². The maximum Gasteiger partial charge on any atom is 0.252 e. The van der Waals surface area contributed by atoms with Gasteiger partial charge in [0.2, 0.25) is 0 Å². The highest BCUT2D eigenvalue weighted by Crippen LogP contribution is 2.61.